The molecule has 2 fully saturated rings. The Kier molecular flexibility index (Phi) is 7.57. The summed E-state index contributed by atoms with van der Waals surface area (Å²) in [6, 6.07) is 11.3. The molecular formula is C26H29Cl2N3O5. The fourth-order valence-electron chi connectivity index (χ4n) is 5.24. The lowest BCUT2D eigenvalue weighted by molar-refractivity contribution is -0.136. The van der Waals surface area contributed by atoms with Crippen LogP contribution in [0.1, 0.15) is 24.8 Å². The number of benzene rings is 2. The number of hydrogen-bond donors (Lipinski definition) is 1. The number of carboxylic acid groups (broad SMARTS) is 1. The van der Waals surface area contributed by atoms with Crippen molar-refractivity contribution in [1.29, 1.82) is 0 Å². The number of morpholine rings is 1. The summed E-state index contributed by atoms with van der Waals surface area (Å²) >= 11 is 12.3. The number of fused-ring (bicyclic) bond motifs is 1. The summed E-state index contributed by atoms with van der Waals surface area (Å²) in [5, 5.41) is 10.2. The Hall–Kier alpha value is -2.52. The number of oxazole rings is 1. The minimum Gasteiger partial charge on any atom is -0.493 e. The predicted molar refractivity (Wildman–Crippen MR) is 138 cm³/mol. The van der Waals surface area contributed by atoms with Crippen LogP contribution in [0.15, 0.2) is 40.8 Å². The molecule has 0 unspecified atom stereocenters. The molecule has 3 heterocycles. The number of aliphatic carboxylic acids is 1. The quantitative estimate of drug-likeness (QED) is 0.437. The number of ether oxygens (including phenoxy) is 2. The van der Waals surface area contributed by atoms with Gasteiger partial charge in [0, 0.05) is 47.8 Å². The molecule has 0 atom stereocenters. The van der Waals surface area contributed by atoms with Crippen molar-refractivity contribution in [1.82, 2.24) is 9.88 Å². The van der Waals surface area contributed by atoms with E-state index in [1.807, 2.05) is 12.1 Å². The van der Waals surface area contributed by atoms with Crippen LogP contribution in [-0.2, 0) is 16.0 Å². The molecule has 2 saturated heterocycles. The fourth-order valence-corrected chi connectivity index (χ4v) is 5.65. The lowest BCUT2D eigenvalue weighted by atomic mass is 9.82. The van der Waals surface area contributed by atoms with Crippen LogP contribution in [0.4, 0.5) is 6.01 Å². The molecule has 1 N–H and O–H groups in total. The van der Waals surface area contributed by atoms with E-state index in [1.165, 1.54) is 0 Å². The summed E-state index contributed by atoms with van der Waals surface area (Å²) in [6.07, 6.45) is 2.63. The Bertz CT molecular complexity index is 1220. The summed E-state index contributed by atoms with van der Waals surface area (Å²) in [5.41, 5.74) is 2.09. The number of hydrogen-bond acceptors (Lipinski definition) is 7. The second kappa shape index (κ2) is 10.8. The van der Waals surface area contributed by atoms with Crippen molar-refractivity contribution in [2.24, 2.45) is 0 Å². The normalized spacial score (nSPS) is 18.4. The van der Waals surface area contributed by atoms with Gasteiger partial charge in [-0.3, -0.25) is 9.69 Å². The molecule has 0 amide bonds. The Labute approximate surface area is 219 Å². The number of anilines is 1. The van der Waals surface area contributed by atoms with Gasteiger partial charge >= 0.3 is 5.97 Å². The number of nitrogens with zero attached hydrogens (tertiary/aromatic N) is 3. The zero-order valence-electron chi connectivity index (χ0n) is 19.9. The molecule has 0 saturated carbocycles. The van der Waals surface area contributed by atoms with E-state index >= 15 is 0 Å². The highest BCUT2D eigenvalue weighted by Gasteiger charge is 2.41. The first-order chi connectivity index (χ1) is 17.4. The van der Waals surface area contributed by atoms with Gasteiger partial charge in [-0.05, 0) is 55.2 Å². The molecule has 2 aliphatic rings. The van der Waals surface area contributed by atoms with Gasteiger partial charge in [0.2, 0.25) is 0 Å². The van der Waals surface area contributed by atoms with Crippen LogP contribution in [0.25, 0.3) is 11.1 Å². The second-order valence-corrected chi connectivity index (χ2v) is 10.3. The van der Waals surface area contributed by atoms with E-state index in [1.54, 1.807) is 24.3 Å². The molecular weight excluding hydrogens is 505 g/mol. The molecule has 0 bridgehead atoms. The van der Waals surface area contributed by atoms with Crippen molar-refractivity contribution in [3.63, 3.8) is 0 Å². The first-order valence-corrected chi connectivity index (χ1v) is 12.9. The van der Waals surface area contributed by atoms with Crippen molar-refractivity contribution < 1.29 is 23.8 Å². The highest BCUT2D eigenvalue weighted by molar-refractivity contribution is 6.31. The van der Waals surface area contributed by atoms with E-state index < -0.39 is 5.97 Å². The lowest BCUT2D eigenvalue weighted by Crippen LogP contribution is -2.59. The van der Waals surface area contributed by atoms with Crippen LogP contribution in [0.5, 0.6) is 5.75 Å². The van der Waals surface area contributed by atoms with Crippen LogP contribution >= 0.6 is 23.2 Å². The highest BCUT2D eigenvalue weighted by atomic mass is 35.5. The van der Waals surface area contributed by atoms with Crippen molar-refractivity contribution >= 4 is 46.3 Å². The van der Waals surface area contributed by atoms with Crippen molar-refractivity contribution in [3.05, 3.63) is 52.0 Å². The molecule has 192 valence electrons. The van der Waals surface area contributed by atoms with Gasteiger partial charge in [-0.25, -0.2) is 0 Å². The van der Waals surface area contributed by atoms with Crippen molar-refractivity contribution in [2.45, 2.75) is 31.2 Å². The maximum Gasteiger partial charge on any atom is 0.307 e. The summed E-state index contributed by atoms with van der Waals surface area (Å²) in [4.78, 5) is 20.5. The third kappa shape index (κ3) is 5.72. The summed E-state index contributed by atoms with van der Waals surface area (Å²) in [7, 11) is 0. The molecule has 36 heavy (non-hydrogen) atoms. The number of rotatable bonds is 8. The van der Waals surface area contributed by atoms with Crippen molar-refractivity contribution in [2.75, 3.05) is 50.9 Å². The molecule has 3 aromatic rings. The zero-order chi connectivity index (χ0) is 25.1. The van der Waals surface area contributed by atoms with E-state index in [4.69, 9.17) is 42.2 Å². The SMILES string of the molecule is O=C(O)Cc1cc(Cl)cc(OCCC2(N3CCOCC3)CCN(c3nc4ccc(Cl)cc4o3)CC2)c1. The van der Waals surface area contributed by atoms with Gasteiger partial charge in [-0.15, -0.1) is 0 Å². The first kappa shape index (κ1) is 25.1. The predicted octanol–water partition coefficient (Wildman–Crippen LogP) is 4.90. The van der Waals surface area contributed by atoms with E-state index in [9.17, 15) is 4.79 Å². The summed E-state index contributed by atoms with van der Waals surface area (Å²) in [6.45, 7) is 5.37. The topological polar surface area (TPSA) is 88.3 Å². The maximum atomic E-state index is 11.1. The maximum absolute atomic E-state index is 11.1. The average molecular weight is 534 g/mol. The van der Waals surface area contributed by atoms with Crippen LogP contribution in [-0.4, -0.2) is 72.5 Å². The van der Waals surface area contributed by atoms with E-state index in [-0.39, 0.29) is 12.0 Å². The van der Waals surface area contributed by atoms with Crippen molar-refractivity contribution in [3.8, 4) is 5.75 Å². The molecule has 10 heteroatoms. The number of halogens is 2. The number of piperidine rings is 1. The molecule has 8 nitrogen and oxygen atoms in total. The second-order valence-electron chi connectivity index (χ2n) is 9.38. The van der Waals surface area contributed by atoms with Gasteiger partial charge in [0.05, 0.1) is 26.2 Å². The van der Waals surface area contributed by atoms with Gasteiger partial charge in [-0.2, -0.15) is 4.98 Å². The van der Waals surface area contributed by atoms with Gasteiger partial charge in [0.25, 0.3) is 6.01 Å². The molecule has 2 aliphatic heterocycles. The first-order valence-electron chi connectivity index (χ1n) is 12.2. The zero-order valence-corrected chi connectivity index (χ0v) is 21.4. The van der Waals surface area contributed by atoms with Crippen LogP contribution < -0.4 is 9.64 Å². The Morgan fingerprint density at radius 1 is 1.06 bits per heavy atom. The fraction of sp³-hybridized carbons (Fsp3) is 0.462. The minimum atomic E-state index is -0.900. The minimum absolute atomic E-state index is 0.0297. The van der Waals surface area contributed by atoms with Gasteiger partial charge in [0.15, 0.2) is 5.58 Å². The smallest absolute Gasteiger partial charge is 0.307 e. The molecule has 0 spiro atoms. The third-order valence-electron chi connectivity index (χ3n) is 7.11. The van der Waals surface area contributed by atoms with Gasteiger partial charge in [0.1, 0.15) is 11.3 Å². The monoisotopic (exact) mass is 533 g/mol. The van der Waals surface area contributed by atoms with E-state index in [0.29, 0.717) is 39.6 Å². The van der Waals surface area contributed by atoms with E-state index in [0.717, 1.165) is 64.2 Å². The van der Waals surface area contributed by atoms with Crippen LogP contribution in [0, 0.1) is 0 Å². The Morgan fingerprint density at radius 2 is 1.83 bits per heavy atom. The largest absolute Gasteiger partial charge is 0.493 e. The van der Waals surface area contributed by atoms with E-state index in [2.05, 4.69) is 14.8 Å². The molecule has 0 aliphatic carbocycles. The van der Waals surface area contributed by atoms with Gasteiger partial charge in [-0.1, -0.05) is 23.2 Å². The molecule has 0 radical (unpaired) electrons. The highest BCUT2D eigenvalue weighted by Crippen LogP contribution is 2.36. The summed E-state index contributed by atoms with van der Waals surface area (Å²) in [5.74, 6) is -0.304. The summed E-state index contributed by atoms with van der Waals surface area (Å²) < 4.78 is 17.7. The third-order valence-corrected chi connectivity index (χ3v) is 7.56. The molecule has 2 aromatic carbocycles. The standard InChI is InChI=1S/C26H29Cl2N3O5/c27-19-1-2-22-23(17-19)36-25(29-22)30-6-3-26(4-7-30,31-8-11-34-12-9-31)5-10-35-21-14-18(15-24(32)33)13-20(28)16-21/h1-2,13-14,16-17H,3-12,15H2,(H,32,33). The van der Waals surface area contributed by atoms with Crippen LogP contribution in [0.3, 0.4) is 0 Å². The number of aromatic nitrogens is 1. The average Bonchev–Trinajstić information content (AvgIpc) is 3.27. The Morgan fingerprint density at radius 3 is 2.58 bits per heavy atom. The molecule has 5 rings (SSSR count). The Balaban J connectivity index is 1.27. The number of carboxylic acids is 1. The lowest BCUT2D eigenvalue weighted by Gasteiger charge is -2.50. The number of carbonyl (C=O) groups is 1. The molecule has 1 aromatic heterocycles. The van der Waals surface area contributed by atoms with Crippen LogP contribution in [0.2, 0.25) is 10.0 Å². The van der Waals surface area contributed by atoms with Gasteiger partial charge < -0.3 is 23.9 Å².